The van der Waals surface area contributed by atoms with Crippen molar-refractivity contribution in [3.05, 3.63) is 163 Å². The number of fused-ring (bicyclic) bond motifs is 8. The summed E-state index contributed by atoms with van der Waals surface area (Å²) in [6, 6.07) is 54.6. The molecule has 226 valence electrons. The molecular weight excluding hydrogens is 583 g/mol. The van der Waals surface area contributed by atoms with Gasteiger partial charge in [-0.2, -0.15) is 0 Å². The molecule has 3 heteroatoms. The molecular formula is C45H31N3. The van der Waals surface area contributed by atoms with Gasteiger partial charge in [-0.25, -0.2) is 9.97 Å². The predicted octanol–water partition coefficient (Wildman–Crippen LogP) is 11.5. The van der Waals surface area contributed by atoms with E-state index in [-0.39, 0.29) is 5.41 Å². The molecule has 2 heterocycles. The van der Waals surface area contributed by atoms with Crippen LogP contribution in [0.4, 0.5) is 0 Å². The molecule has 0 bridgehead atoms. The fourth-order valence-corrected chi connectivity index (χ4v) is 7.97. The van der Waals surface area contributed by atoms with Crippen molar-refractivity contribution in [1.82, 2.24) is 14.5 Å². The molecule has 0 unspecified atom stereocenters. The minimum Gasteiger partial charge on any atom is -0.278 e. The van der Waals surface area contributed by atoms with Gasteiger partial charge >= 0.3 is 0 Å². The van der Waals surface area contributed by atoms with Crippen molar-refractivity contribution in [2.45, 2.75) is 19.3 Å². The SMILES string of the molecule is CC1(C)c2ccccc2-c2ccc(-c3ccc4nc(-n5c6ccccc6c6cc7ccccc7cc65)nc(-c5ccccc5)c4c3)cc21. The number of nitrogens with zero attached hydrogens (tertiary/aromatic N) is 3. The normalized spacial score (nSPS) is 13.4. The summed E-state index contributed by atoms with van der Waals surface area (Å²) in [5, 5.41) is 5.86. The van der Waals surface area contributed by atoms with Gasteiger partial charge in [0.15, 0.2) is 0 Å². The highest BCUT2D eigenvalue weighted by atomic mass is 15.2. The predicted molar refractivity (Wildman–Crippen MR) is 200 cm³/mol. The quantitative estimate of drug-likeness (QED) is 0.198. The van der Waals surface area contributed by atoms with Crippen molar-refractivity contribution in [1.29, 1.82) is 0 Å². The molecule has 48 heavy (non-hydrogen) atoms. The Bertz CT molecular complexity index is 2750. The molecule has 0 radical (unpaired) electrons. The summed E-state index contributed by atoms with van der Waals surface area (Å²) in [5.74, 6) is 0.674. The molecule has 0 aliphatic heterocycles. The third kappa shape index (κ3) is 3.88. The molecule has 0 atom stereocenters. The molecule has 1 aliphatic rings. The first-order valence-electron chi connectivity index (χ1n) is 16.6. The van der Waals surface area contributed by atoms with Crippen LogP contribution in [0.5, 0.6) is 0 Å². The Labute approximate surface area is 278 Å². The van der Waals surface area contributed by atoms with Crippen molar-refractivity contribution in [2.75, 3.05) is 0 Å². The zero-order valence-corrected chi connectivity index (χ0v) is 26.8. The molecule has 0 amide bonds. The Hall–Kier alpha value is -6.06. The van der Waals surface area contributed by atoms with Crippen LogP contribution >= 0.6 is 0 Å². The summed E-state index contributed by atoms with van der Waals surface area (Å²) in [4.78, 5) is 10.7. The van der Waals surface area contributed by atoms with Gasteiger partial charge in [0.1, 0.15) is 0 Å². The molecule has 1 aliphatic carbocycles. The fourth-order valence-electron chi connectivity index (χ4n) is 7.97. The Morgan fingerprint density at radius 2 is 1.15 bits per heavy atom. The molecule has 0 spiro atoms. The standard InChI is InChI=1S/C45H31N3/c1-45(2)38-18-10-8-16-33(38)34-22-20-32(26-39(34)45)31-21-23-40-37(25-31)43(28-12-4-3-5-13-28)47-44(46-40)48-41-19-11-9-17-35(41)36-24-29-14-6-7-15-30(29)27-42(36)48/h3-27H,1-2H3. The van der Waals surface area contributed by atoms with Crippen LogP contribution < -0.4 is 0 Å². The summed E-state index contributed by atoms with van der Waals surface area (Å²) in [7, 11) is 0. The highest BCUT2D eigenvalue weighted by Gasteiger charge is 2.35. The van der Waals surface area contributed by atoms with Crippen molar-refractivity contribution >= 4 is 43.5 Å². The average molecular weight is 614 g/mol. The van der Waals surface area contributed by atoms with E-state index in [2.05, 4.69) is 170 Å². The monoisotopic (exact) mass is 613 g/mol. The van der Waals surface area contributed by atoms with E-state index in [1.165, 1.54) is 49.4 Å². The van der Waals surface area contributed by atoms with Gasteiger partial charge in [0.25, 0.3) is 0 Å². The second-order valence-corrected chi connectivity index (χ2v) is 13.5. The van der Waals surface area contributed by atoms with E-state index in [4.69, 9.17) is 9.97 Å². The summed E-state index contributed by atoms with van der Waals surface area (Å²) in [6.45, 7) is 4.67. The van der Waals surface area contributed by atoms with E-state index < -0.39 is 0 Å². The second-order valence-electron chi connectivity index (χ2n) is 13.5. The van der Waals surface area contributed by atoms with Crippen LogP contribution in [0.2, 0.25) is 0 Å². The van der Waals surface area contributed by atoms with Gasteiger partial charge in [-0.05, 0) is 80.6 Å². The van der Waals surface area contributed by atoms with E-state index in [0.29, 0.717) is 5.95 Å². The maximum atomic E-state index is 5.39. The first-order chi connectivity index (χ1) is 23.5. The third-order valence-corrected chi connectivity index (χ3v) is 10.4. The fraction of sp³-hybridized carbons (Fsp3) is 0.0667. The molecule has 0 saturated carbocycles. The van der Waals surface area contributed by atoms with Crippen molar-refractivity contribution in [3.63, 3.8) is 0 Å². The first-order valence-corrected chi connectivity index (χ1v) is 16.6. The Balaban J connectivity index is 1.20. The Kier molecular flexibility index (Phi) is 5.63. The van der Waals surface area contributed by atoms with Crippen LogP contribution in [0.15, 0.2) is 152 Å². The molecule has 0 fully saturated rings. The molecule has 0 saturated heterocycles. The second kappa shape index (κ2) is 9.97. The summed E-state index contributed by atoms with van der Waals surface area (Å²) in [5.41, 5.74) is 12.9. The van der Waals surface area contributed by atoms with E-state index in [1.54, 1.807) is 0 Å². The minimum atomic E-state index is -0.0559. The molecule has 7 aromatic carbocycles. The number of benzene rings is 7. The topological polar surface area (TPSA) is 30.7 Å². The van der Waals surface area contributed by atoms with Crippen molar-refractivity contribution in [2.24, 2.45) is 0 Å². The van der Waals surface area contributed by atoms with E-state index >= 15 is 0 Å². The summed E-state index contributed by atoms with van der Waals surface area (Å²) >= 11 is 0. The number of rotatable bonds is 3. The molecule has 2 aromatic heterocycles. The highest BCUT2D eigenvalue weighted by Crippen LogP contribution is 2.49. The van der Waals surface area contributed by atoms with Crippen LogP contribution in [0, 0.1) is 0 Å². The van der Waals surface area contributed by atoms with Crippen LogP contribution in [0.3, 0.4) is 0 Å². The molecule has 9 aromatic rings. The summed E-state index contributed by atoms with van der Waals surface area (Å²) < 4.78 is 2.23. The number of para-hydroxylation sites is 1. The van der Waals surface area contributed by atoms with Crippen molar-refractivity contribution in [3.8, 4) is 39.5 Å². The third-order valence-electron chi connectivity index (χ3n) is 10.4. The zero-order chi connectivity index (χ0) is 32.0. The lowest BCUT2D eigenvalue weighted by atomic mass is 9.81. The lowest BCUT2D eigenvalue weighted by Crippen LogP contribution is -2.14. The van der Waals surface area contributed by atoms with E-state index in [0.717, 1.165) is 38.8 Å². The van der Waals surface area contributed by atoms with Gasteiger partial charge in [-0.3, -0.25) is 4.57 Å². The maximum absolute atomic E-state index is 5.39. The Morgan fingerprint density at radius 3 is 2.02 bits per heavy atom. The summed E-state index contributed by atoms with van der Waals surface area (Å²) in [6.07, 6.45) is 0. The zero-order valence-electron chi connectivity index (χ0n) is 26.8. The number of hydrogen-bond acceptors (Lipinski definition) is 2. The van der Waals surface area contributed by atoms with Crippen LogP contribution in [0.25, 0.3) is 82.9 Å². The van der Waals surface area contributed by atoms with Crippen LogP contribution in [0.1, 0.15) is 25.0 Å². The Morgan fingerprint density at radius 1 is 0.458 bits per heavy atom. The minimum absolute atomic E-state index is 0.0559. The van der Waals surface area contributed by atoms with Gasteiger partial charge in [0.2, 0.25) is 5.95 Å². The molecule has 3 nitrogen and oxygen atoms in total. The average Bonchev–Trinajstić information content (AvgIpc) is 3.58. The number of hydrogen-bond donors (Lipinski definition) is 0. The largest absolute Gasteiger partial charge is 0.278 e. The van der Waals surface area contributed by atoms with Crippen molar-refractivity contribution < 1.29 is 0 Å². The van der Waals surface area contributed by atoms with Gasteiger partial charge in [0.05, 0.1) is 22.2 Å². The van der Waals surface area contributed by atoms with Crippen LogP contribution in [-0.2, 0) is 5.41 Å². The molecule has 0 N–H and O–H groups in total. The van der Waals surface area contributed by atoms with E-state index in [1.807, 2.05) is 0 Å². The van der Waals surface area contributed by atoms with E-state index in [9.17, 15) is 0 Å². The molecule has 10 rings (SSSR count). The smallest absolute Gasteiger partial charge is 0.235 e. The van der Waals surface area contributed by atoms with Gasteiger partial charge in [-0.15, -0.1) is 0 Å². The van der Waals surface area contributed by atoms with Crippen LogP contribution in [-0.4, -0.2) is 14.5 Å². The highest BCUT2D eigenvalue weighted by molar-refractivity contribution is 6.13. The van der Waals surface area contributed by atoms with Gasteiger partial charge in [-0.1, -0.05) is 129 Å². The van der Waals surface area contributed by atoms with Gasteiger partial charge < -0.3 is 0 Å². The maximum Gasteiger partial charge on any atom is 0.235 e. The first kappa shape index (κ1) is 27.1. The number of aromatic nitrogens is 3. The van der Waals surface area contributed by atoms with Gasteiger partial charge in [0, 0.05) is 27.1 Å². The lowest BCUT2D eigenvalue weighted by molar-refractivity contribution is 0.660. The lowest BCUT2D eigenvalue weighted by Gasteiger charge is -2.22.